The van der Waals surface area contributed by atoms with E-state index in [0.29, 0.717) is 11.1 Å². The lowest BCUT2D eigenvalue weighted by Gasteiger charge is -2.02. The molecule has 0 radical (unpaired) electrons. The molecule has 0 saturated carbocycles. The Hall–Kier alpha value is -1.00. The number of aryl methyl sites for hydroxylation is 1. The van der Waals surface area contributed by atoms with Crippen molar-refractivity contribution in [2.75, 3.05) is 0 Å². The van der Waals surface area contributed by atoms with Crippen LogP contribution in [0.1, 0.15) is 21.6 Å². The van der Waals surface area contributed by atoms with E-state index in [4.69, 9.17) is 0 Å². The molecule has 2 aromatic heterocycles. The van der Waals surface area contributed by atoms with E-state index in [2.05, 4.69) is 20.9 Å². The predicted octanol–water partition coefficient (Wildman–Crippen LogP) is 3.45. The smallest absolute Gasteiger partial charge is 0.196 e. The third-order valence-corrected chi connectivity index (χ3v) is 3.81. The van der Waals surface area contributed by atoms with Gasteiger partial charge in [0.1, 0.15) is 0 Å². The largest absolute Gasteiger partial charge is 0.288 e. The van der Waals surface area contributed by atoms with E-state index < -0.39 is 0 Å². The Kier molecular flexibility index (Phi) is 2.98. The Morgan fingerprint density at radius 3 is 2.80 bits per heavy atom. The summed E-state index contributed by atoms with van der Waals surface area (Å²) in [7, 11) is 0. The second-order valence-corrected chi connectivity index (χ2v) is 4.70. The first-order chi connectivity index (χ1) is 7.20. The van der Waals surface area contributed by atoms with Crippen LogP contribution in [0, 0.1) is 6.92 Å². The fraction of sp³-hybridized carbons (Fsp3) is 0.0909. The third-order valence-electron chi connectivity index (χ3n) is 2.11. The summed E-state index contributed by atoms with van der Waals surface area (Å²) in [6.45, 7) is 1.84. The number of hydrogen-bond donors (Lipinski definition) is 0. The first-order valence-corrected chi connectivity index (χ1v) is 6.11. The molecule has 0 aliphatic heterocycles. The van der Waals surface area contributed by atoms with Gasteiger partial charge in [-0.1, -0.05) is 0 Å². The van der Waals surface area contributed by atoms with Crippen molar-refractivity contribution in [3.63, 3.8) is 0 Å². The lowest BCUT2D eigenvalue weighted by Crippen LogP contribution is -2.03. The molecule has 0 aliphatic rings. The highest BCUT2D eigenvalue weighted by Crippen LogP contribution is 2.24. The van der Waals surface area contributed by atoms with Gasteiger partial charge in [-0.3, -0.25) is 9.78 Å². The highest BCUT2D eigenvalue weighted by molar-refractivity contribution is 9.10. The maximum Gasteiger partial charge on any atom is 0.196 e. The van der Waals surface area contributed by atoms with Crippen molar-refractivity contribution in [2.45, 2.75) is 6.92 Å². The molecule has 0 unspecified atom stereocenters. The monoisotopic (exact) mass is 281 g/mol. The molecule has 76 valence electrons. The predicted molar refractivity (Wildman–Crippen MR) is 64.4 cm³/mol. The van der Waals surface area contributed by atoms with E-state index >= 15 is 0 Å². The summed E-state index contributed by atoms with van der Waals surface area (Å²) >= 11 is 4.86. The lowest BCUT2D eigenvalue weighted by molar-refractivity contribution is 0.103. The van der Waals surface area contributed by atoms with Gasteiger partial charge >= 0.3 is 0 Å². The Morgan fingerprint density at radius 1 is 1.40 bits per heavy atom. The maximum absolute atomic E-state index is 12.1. The zero-order chi connectivity index (χ0) is 10.8. The Bertz CT molecular complexity index is 507. The van der Waals surface area contributed by atoms with Gasteiger partial charge in [-0.25, -0.2) is 0 Å². The highest BCUT2D eigenvalue weighted by Gasteiger charge is 2.15. The summed E-state index contributed by atoms with van der Waals surface area (Å²) in [5.74, 6) is 0.0220. The molecule has 0 aromatic carbocycles. The molecular weight excluding hydrogens is 274 g/mol. The van der Waals surface area contributed by atoms with E-state index in [0.717, 1.165) is 10.2 Å². The average Bonchev–Trinajstić information content (AvgIpc) is 2.64. The van der Waals surface area contributed by atoms with E-state index in [-0.39, 0.29) is 5.78 Å². The third kappa shape index (κ3) is 2.01. The molecule has 0 saturated heterocycles. The summed E-state index contributed by atoms with van der Waals surface area (Å²) in [5.41, 5.74) is 2.13. The molecule has 2 rings (SSSR count). The van der Waals surface area contributed by atoms with Crippen LogP contribution in [0.4, 0.5) is 0 Å². The maximum atomic E-state index is 12.1. The van der Waals surface area contributed by atoms with Crippen molar-refractivity contribution in [1.82, 2.24) is 4.98 Å². The molecule has 0 bridgehead atoms. The van der Waals surface area contributed by atoms with Gasteiger partial charge < -0.3 is 0 Å². The second-order valence-electron chi connectivity index (χ2n) is 3.10. The number of rotatable bonds is 2. The fourth-order valence-electron chi connectivity index (χ4n) is 1.31. The molecule has 2 heterocycles. The Labute approximate surface area is 100 Å². The summed E-state index contributed by atoms with van der Waals surface area (Å²) < 4.78 is 0.848. The van der Waals surface area contributed by atoms with Crippen molar-refractivity contribution in [3.8, 4) is 0 Å². The number of aromatic nitrogens is 1. The van der Waals surface area contributed by atoms with Crippen LogP contribution in [-0.4, -0.2) is 10.8 Å². The molecule has 0 fully saturated rings. The number of thiophene rings is 1. The van der Waals surface area contributed by atoms with Gasteiger partial charge in [-0.15, -0.1) is 0 Å². The zero-order valence-corrected chi connectivity index (χ0v) is 10.4. The minimum Gasteiger partial charge on any atom is -0.288 e. The SMILES string of the molecule is Cc1ncccc1C(=O)c1cscc1Br. The summed E-state index contributed by atoms with van der Waals surface area (Å²) in [6.07, 6.45) is 1.69. The van der Waals surface area contributed by atoms with Crippen LogP contribution in [-0.2, 0) is 0 Å². The minimum absolute atomic E-state index is 0.0220. The van der Waals surface area contributed by atoms with E-state index in [1.54, 1.807) is 18.3 Å². The van der Waals surface area contributed by atoms with Crippen LogP contribution in [0.2, 0.25) is 0 Å². The van der Waals surface area contributed by atoms with Gasteiger partial charge in [0.2, 0.25) is 0 Å². The molecule has 0 N–H and O–H groups in total. The molecular formula is C11H8BrNOS. The standard InChI is InChI=1S/C11H8BrNOS/c1-7-8(3-2-4-13-7)11(14)9-5-15-6-10(9)12/h2-6H,1H3. The quantitative estimate of drug-likeness (QED) is 0.790. The second kappa shape index (κ2) is 4.24. The van der Waals surface area contributed by atoms with Gasteiger partial charge in [0.05, 0.1) is 0 Å². The number of hydrogen-bond acceptors (Lipinski definition) is 3. The number of ketones is 1. The van der Waals surface area contributed by atoms with Crippen molar-refractivity contribution < 1.29 is 4.79 Å². The molecule has 0 spiro atoms. The molecule has 0 amide bonds. The number of halogens is 1. The number of carbonyl (C=O) groups excluding carboxylic acids is 1. The van der Waals surface area contributed by atoms with E-state index in [9.17, 15) is 4.79 Å². The number of pyridine rings is 1. The molecule has 4 heteroatoms. The highest BCUT2D eigenvalue weighted by atomic mass is 79.9. The van der Waals surface area contributed by atoms with Crippen LogP contribution < -0.4 is 0 Å². The summed E-state index contributed by atoms with van der Waals surface area (Å²) in [5, 5.41) is 3.75. The fourth-order valence-corrected chi connectivity index (χ4v) is 2.77. The van der Waals surface area contributed by atoms with Crippen molar-refractivity contribution >= 4 is 33.0 Å². The van der Waals surface area contributed by atoms with Crippen molar-refractivity contribution in [1.29, 1.82) is 0 Å². The van der Waals surface area contributed by atoms with E-state index in [1.165, 1.54) is 11.3 Å². The van der Waals surface area contributed by atoms with Gasteiger partial charge in [-0.2, -0.15) is 11.3 Å². The topological polar surface area (TPSA) is 30.0 Å². The van der Waals surface area contributed by atoms with Crippen LogP contribution in [0.5, 0.6) is 0 Å². The van der Waals surface area contributed by atoms with Crippen LogP contribution in [0.15, 0.2) is 33.6 Å². The van der Waals surface area contributed by atoms with Crippen LogP contribution in [0.3, 0.4) is 0 Å². The average molecular weight is 282 g/mol. The van der Waals surface area contributed by atoms with Crippen LogP contribution in [0.25, 0.3) is 0 Å². The van der Waals surface area contributed by atoms with Crippen molar-refractivity contribution in [2.24, 2.45) is 0 Å². The normalized spacial score (nSPS) is 10.3. The van der Waals surface area contributed by atoms with E-state index in [1.807, 2.05) is 17.7 Å². The Balaban J connectivity index is 2.46. The summed E-state index contributed by atoms with van der Waals surface area (Å²) in [4.78, 5) is 16.2. The molecule has 2 nitrogen and oxygen atoms in total. The van der Waals surface area contributed by atoms with Gasteiger partial charge in [-0.05, 0) is 35.0 Å². The summed E-state index contributed by atoms with van der Waals surface area (Å²) in [6, 6.07) is 3.58. The first kappa shape index (κ1) is 10.5. The van der Waals surface area contributed by atoms with Crippen LogP contribution >= 0.6 is 27.3 Å². The number of carbonyl (C=O) groups is 1. The first-order valence-electron chi connectivity index (χ1n) is 4.38. The molecule has 2 aromatic rings. The number of nitrogens with zero attached hydrogens (tertiary/aromatic N) is 1. The van der Waals surface area contributed by atoms with Crippen molar-refractivity contribution in [3.05, 3.63) is 50.4 Å². The molecule has 0 aliphatic carbocycles. The molecule has 0 atom stereocenters. The van der Waals surface area contributed by atoms with Gasteiger partial charge in [0.15, 0.2) is 5.78 Å². The lowest BCUT2D eigenvalue weighted by atomic mass is 10.1. The minimum atomic E-state index is 0.0220. The van der Waals surface area contributed by atoms with Gasteiger partial charge in [0.25, 0.3) is 0 Å². The zero-order valence-electron chi connectivity index (χ0n) is 8.03. The molecule has 15 heavy (non-hydrogen) atoms. The van der Waals surface area contributed by atoms with Gasteiger partial charge in [0, 0.05) is 38.3 Å². The Morgan fingerprint density at radius 2 is 2.20 bits per heavy atom.